The Labute approximate surface area is 126 Å². The van der Waals surface area contributed by atoms with Crippen LogP contribution in [0.3, 0.4) is 0 Å². The Hall–Kier alpha value is -2.12. The number of anilines is 2. The molecule has 0 aliphatic rings. The lowest BCUT2D eigenvalue weighted by atomic mass is 10.2. The third-order valence-corrected chi connectivity index (χ3v) is 4.44. The van der Waals surface area contributed by atoms with E-state index in [0.717, 1.165) is 5.69 Å². The summed E-state index contributed by atoms with van der Waals surface area (Å²) in [5.41, 5.74) is 0.700. The molecule has 7 heteroatoms. The zero-order valence-electron chi connectivity index (χ0n) is 11.9. The van der Waals surface area contributed by atoms with Gasteiger partial charge in [-0.3, -0.25) is 10.1 Å². The van der Waals surface area contributed by atoms with Gasteiger partial charge < -0.3 is 14.7 Å². The molecule has 0 saturated carbocycles. The fraction of sp³-hybridized carbons (Fsp3) is 0.286. The Morgan fingerprint density at radius 3 is 2.67 bits per heavy atom. The summed E-state index contributed by atoms with van der Waals surface area (Å²) in [6.07, 6.45) is -0.742. The largest absolute Gasteiger partial charge is 0.495 e. The highest BCUT2D eigenvalue weighted by molar-refractivity contribution is 7.16. The molecule has 0 saturated heterocycles. The van der Waals surface area contributed by atoms with Crippen molar-refractivity contribution in [3.05, 3.63) is 45.3 Å². The van der Waals surface area contributed by atoms with Crippen molar-refractivity contribution in [2.75, 3.05) is 19.1 Å². The number of para-hydroxylation sites is 2. The van der Waals surface area contributed by atoms with Gasteiger partial charge in [-0.1, -0.05) is 12.1 Å². The van der Waals surface area contributed by atoms with Crippen LogP contribution in [0.5, 0.6) is 5.75 Å². The Morgan fingerprint density at radius 2 is 2.10 bits per heavy atom. The summed E-state index contributed by atoms with van der Waals surface area (Å²) < 4.78 is 5.29. The van der Waals surface area contributed by atoms with Crippen LogP contribution in [0.2, 0.25) is 0 Å². The second-order valence-electron chi connectivity index (χ2n) is 4.50. The maximum absolute atomic E-state index is 11.2. The molecule has 0 aliphatic heterocycles. The summed E-state index contributed by atoms with van der Waals surface area (Å²) in [6, 6.07) is 8.70. The Bertz CT molecular complexity index is 654. The monoisotopic (exact) mass is 308 g/mol. The van der Waals surface area contributed by atoms with Crippen molar-refractivity contribution in [2.45, 2.75) is 13.0 Å². The van der Waals surface area contributed by atoms with E-state index >= 15 is 0 Å². The zero-order chi connectivity index (χ0) is 15.6. The molecule has 1 atom stereocenters. The number of rotatable bonds is 5. The third kappa shape index (κ3) is 2.98. The molecule has 0 unspecified atom stereocenters. The fourth-order valence-corrected chi connectivity index (χ4v) is 3.02. The van der Waals surface area contributed by atoms with Crippen molar-refractivity contribution < 1.29 is 14.8 Å². The molecular weight excluding hydrogens is 292 g/mol. The maximum atomic E-state index is 11.2. The number of benzene rings is 1. The number of aliphatic hydroxyl groups excluding tert-OH is 1. The normalized spacial score (nSPS) is 12.0. The van der Waals surface area contributed by atoms with Gasteiger partial charge in [-0.2, -0.15) is 0 Å². The minimum atomic E-state index is -0.742. The van der Waals surface area contributed by atoms with Crippen molar-refractivity contribution in [3.8, 4) is 5.75 Å². The molecule has 0 radical (unpaired) electrons. The van der Waals surface area contributed by atoms with Gasteiger partial charge in [0, 0.05) is 18.0 Å². The number of ether oxygens (including phenoxy) is 1. The highest BCUT2D eigenvalue weighted by atomic mass is 32.1. The van der Waals surface area contributed by atoms with Gasteiger partial charge in [0.25, 0.3) is 0 Å². The lowest BCUT2D eigenvalue weighted by Gasteiger charge is -2.19. The third-order valence-electron chi connectivity index (χ3n) is 3.07. The van der Waals surface area contributed by atoms with Crippen LogP contribution < -0.4 is 9.64 Å². The molecule has 0 amide bonds. The first-order valence-electron chi connectivity index (χ1n) is 6.28. The molecule has 6 nitrogen and oxygen atoms in total. The summed E-state index contributed by atoms with van der Waals surface area (Å²) in [4.78, 5) is 13.0. The molecule has 21 heavy (non-hydrogen) atoms. The van der Waals surface area contributed by atoms with E-state index in [1.807, 2.05) is 18.2 Å². The van der Waals surface area contributed by atoms with Crippen LogP contribution in [0.4, 0.5) is 16.4 Å². The van der Waals surface area contributed by atoms with Crippen molar-refractivity contribution in [2.24, 2.45) is 0 Å². The van der Waals surface area contributed by atoms with Crippen LogP contribution in [0.1, 0.15) is 17.9 Å². The van der Waals surface area contributed by atoms with Crippen LogP contribution >= 0.6 is 11.3 Å². The second-order valence-corrected chi connectivity index (χ2v) is 5.57. The van der Waals surface area contributed by atoms with Crippen molar-refractivity contribution in [1.82, 2.24) is 0 Å². The highest BCUT2D eigenvalue weighted by Crippen LogP contribution is 2.44. The number of thiophene rings is 1. The van der Waals surface area contributed by atoms with Crippen molar-refractivity contribution in [1.29, 1.82) is 0 Å². The molecule has 0 aliphatic carbocycles. The molecule has 1 aromatic carbocycles. The van der Waals surface area contributed by atoms with E-state index in [9.17, 15) is 15.2 Å². The molecule has 2 rings (SSSR count). The Morgan fingerprint density at radius 1 is 1.43 bits per heavy atom. The number of hydrogen-bond donors (Lipinski definition) is 1. The molecule has 112 valence electrons. The number of nitrogens with zero attached hydrogens (tertiary/aromatic N) is 2. The summed E-state index contributed by atoms with van der Waals surface area (Å²) in [5, 5.41) is 21.3. The number of methoxy groups -OCH3 is 1. The number of aliphatic hydroxyl groups is 1. The highest BCUT2D eigenvalue weighted by Gasteiger charge is 2.25. The zero-order valence-corrected chi connectivity index (χ0v) is 12.8. The van der Waals surface area contributed by atoms with E-state index in [-0.39, 0.29) is 5.69 Å². The number of nitro groups is 1. The molecule has 0 bridgehead atoms. The lowest BCUT2D eigenvalue weighted by Crippen LogP contribution is -2.10. The van der Waals surface area contributed by atoms with Gasteiger partial charge >= 0.3 is 5.69 Å². The van der Waals surface area contributed by atoms with Gasteiger partial charge in [0.2, 0.25) is 0 Å². The van der Waals surface area contributed by atoms with E-state index in [4.69, 9.17) is 4.74 Å². The van der Waals surface area contributed by atoms with Gasteiger partial charge in [0.1, 0.15) is 5.75 Å². The van der Waals surface area contributed by atoms with Gasteiger partial charge in [0.15, 0.2) is 5.00 Å². The lowest BCUT2D eigenvalue weighted by molar-refractivity contribution is -0.383. The average Bonchev–Trinajstić information content (AvgIpc) is 2.92. The van der Waals surface area contributed by atoms with E-state index in [2.05, 4.69) is 0 Å². The van der Waals surface area contributed by atoms with Crippen LogP contribution in [0, 0.1) is 10.1 Å². The quantitative estimate of drug-likeness (QED) is 0.676. The second kappa shape index (κ2) is 6.11. The smallest absolute Gasteiger partial charge is 0.304 e. The Balaban J connectivity index is 2.52. The Kier molecular flexibility index (Phi) is 4.44. The topological polar surface area (TPSA) is 75.8 Å². The standard InChI is InChI=1S/C14H16N2O4S/c1-9(17)13-8-11(16(18)19)14(21-13)15(2)10-6-4-5-7-12(10)20-3/h4-9,17H,1-3H3/t9-/m1/s1. The first kappa shape index (κ1) is 15.3. The predicted molar refractivity (Wildman–Crippen MR) is 82.7 cm³/mol. The predicted octanol–water partition coefficient (Wildman–Crippen LogP) is 3.49. The SMILES string of the molecule is COc1ccccc1N(C)c1sc([C@@H](C)O)cc1[N+](=O)[O-]. The van der Waals surface area contributed by atoms with Crippen LogP contribution in [0.15, 0.2) is 30.3 Å². The first-order chi connectivity index (χ1) is 9.95. The van der Waals surface area contributed by atoms with Crippen LogP contribution in [0.25, 0.3) is 0 Å². The van der Waals surface area contributed by atoms with Gasteiger partial charge in [-0.05, 0) is 19.1 Å². The van der Waals surface area contributed by atoms with E-state index in [1.54, 1.807) is 32.0 Å². The minimum Gasteiger partial charge on any atom is -0.495 e. The van der Waals surface area contributed by atoms with E-state index in [1.165, 1.54) is 17.4 Å². The molecular formula is C14H16N2O4S. The van der Waals surface area contributed by atoms with Crippen LogP contribution in [-0.2, 0) is 0 Å². The summed E-state index contributed by atoms with van der Waals surface area (Å²) in [6.45, 7) is 1.59. The number of hydrogen-bond acceptors (Lipinski definition) is 6. The van der Waals surface area contributed by atoms with E-state index < -0.39 is 11.0 Å². The van der Waals surface area contributed by atoms with Gasteiger partial charge in [0.05, 0.1) is 23.8 Å². The summed E-state index contributed by atoms with van der Waals surface area (Å²) >= 11 is 1.20. The first-order valence-corrected chi connectivity index (χ1v) is 7.10. The van der Waals surface area contributed by atoms with Crippen LogP contribution in [-0.4, -0.2) is 24.2 Å². The summed E-state index contributed by atoms with van der Waals surface area (Å²) in [5.74, 6) is 0.626. The van der Waals surface area contributed by atoms with E-state index in [0.29, 0.717) is 15.6 Å². The minimum absolute atomic E-state index is 0.0238. The molecule has 0 spiro atoms. The average molecular weight is 308 g/mol. The maximum Gasteiger partial charge on any atom is 0.304 e. The fourth-order valence-electron chi connectivity index (χ4n) is 1.98. The molecule has 1 N–H and O–H groups in total. The van der Waals surface area contributed by atoms with Crippen molar-refractivity contribution >= 4 is 27.7 Å². The molecule has 1 heterocycles. The van der Waals surface area contributed by atoms with Crippen molar-refractivity contribution in [3.63, 3.8) is 0 Å². The molecule has 2 aromatic rings. The molecule has 0 fully saturated rings. The summed E-state index contributed by atoms with van der Waals surface area (Å²) in [7, 11) is 3.29. The van der Waals surface area contributed by atoms with Gasteiger partial charge in [-0.15, -0.1) is 11.3 Å². The molecule has 1 aromatic heterocycles. The van der Waals surface area contributed by atoms with Gasteiger partial charge in [-0.25, -0.2) is 0 Å².